The number of hydrazine groups is 1. The number of amides is 2. The Bertz CT molecular complexity index is 1180. The van der Waals surface area contributed by atoms with Gasteiger partial charge >= 0.3 is 0 Å². The molecule has 4 rings (SSSR count). The predicted octanol–water partition coefficient (Wildman–Crippen LogP) is 4.47. The first-order valence-corrected chi connectivity index (χ1v) is 11.5. The van der Waals surface area contributed by atoms with Crippen molar-refractivity contribution < 1.29 is 23.5 Å². The van der Waals surface area contributed by atoms with Gasteiger partial charge in [0.25, 0.3) is 0 Å². The number of halogens is 1. The van der Waals surface area contributed by atoms with Crippen molar-refractivity contribution in [3.63, 3.8) is 0 Å². The molecule has 7 nitrogen and oxygen atoms in total. The molecule has 1 fully saturated rings. The summed E-state index contributed by atoms with van der Waals surface area (Å²) in [6, 6.07) is 19.1. The second-order valence-corrected chi connectivity index (χ2v) is 8.32. The number of anilines is 2. The zero-order valence-electron chi connectivity index (χ0n) is 19.7. The van der Waals surface area contributed by atoms with E-state index in [9.17, 15) is 14.0 Å². The Labute approximate surface area is 203 Å². The number of carbonyl (C=O) groups is 2. The monoisotopic (exact) mass is 477 g/mol. The van der Waals surface area contributed by atoms with E-state index in [1.807, 2.05) is 24.3 Å². The number of hydrogen-bond acceptors (Lipinski definition) is 5. The summed E-state index contributed by atoms with van der Waals surface area (Å²) < 4.78 is 24.3. The molecule has 3 aromatic rings. The van der Waals surface area contributed by atoms with Gasteiger partial charge in [0.2, 0.25) is 11.8 Å². The van der Waals surface area contributed by atoms with Crippen LogP contribution >= 0.6 is 0 Å². The molecule has 1 heterocycles. The second-order valence-electron chi connectivity index (χ2n) is 8.32. The summed E-state index contributed by atoms with van der Waals surface area (Å²) in [4.78, 5) is 26.9. The minimum absolute atomic E-state index is 0.0706. The fraction of sp³-hybridized carbons (Fsp3) is 0.259. The van der Waals surface area contributed by atoms with Crippen LogP contribution in [0.3, 0.4) is 0 Å². The maximum atomic E-state index is 13.1. The molecule has 1 aliphatic rings. The Morgan fingerprint density at radius 2 is 1.74 bits per heavy atom. The second kappa shape index (κ2) is 10.9. The van der Waals surface area contributed by atoms with E-state index in [4.69, 9.17) is 9.47 Å². The van der Waals surface area contributed by atoms with Crippen molar-refractivity contribution in [2.24, 2.45) is 5.92 Å². The van der Waals surface area contributed by atoms with Gasteiger partial charge in [0.05, 0.1) is 18.7 Å². The van der Waals surface area contributed by atoms with E-state index in [0.717, 1.165) is 17.7 Å². The number of rotatable bonds is 9. The molecule has 35 heavy (non-hydrogen) atoms. The minimum atomic E-state index is -0.457. The zero-order chi connectivity index (χ0) is 24.8. The van der Waals surface area contributed by atoms with Crippen LogP contribution in [0.1, 0.15) is 24.5 Å². The highest BCUT2D eigenvalue weighted by Gasteiger charge is 2.35. The van der Waals surface area contributed by atoms with E-state index in [-0.39, 0.29) is 30.7 Å². The molecule has 3 aromatic carbocycles. The molecule has 1 atom stereocenters. The summed E-state index contributed by atoms with van der Waals surface area (Å²) in [6.07, 6.45) is 1.08. The fourth-order valence-electron chi connectivity index (χ4n) is 3.89. The first-order chi connectivity index (χ1) is 17.0. The Morgan fingerprint density at radius 1 is 1.03 bits per heavy atom. The van der Waals surface area contributed by atoms with Gasteiger partial charge in [0.15, 0.2) is 11.5 Å². The molecule has 0 saturated carbocycles. The fourth-order valence-corrected chi connectivity index (χ4v) is 3.89. The van der Waals surface area contributed by atoms with Gasteiger partial charge in [-0.3, -0.25) is 20.4 Å². The van der Waals surface area contributed by atoms with Crippen molar-refractivity contribution in [1.82, 2.24) is 5.43 Å². The van der Waals surface area contributed by atoms with E-state index >= 15 is 0 Å². The zero-order valence-corrected chi connectivity index (χ0v) is 19.7. The number of carbonyl (C=O) groups excluding carboxylic acids is 2. The third kappa shape index (κ3) is 5.90. The van der Waals surface area contributed by atoms with Crippen molar-refractivity contribution in [2.75, 3.05) is 24.0 Å². The summed E-state index contributed by atoms with van der Waals surface area (Å²) in [5.74, 6) is -0.102. The normalized spacial score (nSPS) is 15.1. The molecular weight excluding hydrogens is 449 g/mol. The Kier molecular flexibility index (Phi) is 7.50. The van der Waals surface area contributed by atoms with E-state index in [1.165, 1.54) is 24.8 Å². The molecule has 0 unspecified atom stereocenters. The van der Waals surface area contributed by atoms with Crippen LogP contribution in [0.15, 0.2) is 66.7 Å². The SMILES string of the molecule is CCc1ccc(N2C[C@H](C(=O)NNc3ccc(OCc4ccc(F)cc4)c(OC)c3)CC2=O)cc1. The molecule has 2 N–H and O–H groups in total. The van der Waals surface area contributed by atoms with Crippen LogP contribution in [-0.4, -0.2) is 25.5 Å². The number of nitrogens with one attached hydrogen (secondary N) is 2. The summed E-state index contributed by atoms with van der Waals surface area (Å²) in [5, 5.41) is 0. The van der Waals surface area contributed by atoms with Crippen LogP contribution in [0.4, 0.5) is 15.8 Å². The summed E-state index contributed by atoms with van der Waals surface area (Å²) in [5.41, 5.74) is 8.99. The van der Waals surface area contributed by atoms with E-state index < -0.39 is 5.92 Å². The topological polar surface area (TPSA) is 79.9 Å². The lowest BCUT2D eigenvalue weighted by molar-refractivity contribution is -0.125. The van der Waals surface area contributed by atoms with Gasteiger partial charge < -0.3 is 14.4 Å². The molecule has 0 spiro atoms. The molecule has 182 valence electrons. The molecule has 1 aliphatic heterocycles. The molecule has 0 bridgehead atoms. The van der Waals surface area contributed by atoms with Crippen molar-refractivity contribution in [3.05, 3.63) is 83.7 Å². The minimum Gasteiger partial charge on any atom is -0.493 e. The van der Waals surface area contributed by atoms with Crippen LogP contribution < -0.4 is 25.2 Å². The maximum absolute atomic E-state index is 13.1. The van der Waals surface area contributed by atoms with Gasteiger partial charge in [-0.15, -0.1) is 0 Å². The number of ether oxygens (including phenoxy) is 2. The van der Waals surface area contributed by atoms with Gasteiger partial charge in [-0.2, -0.15) is 0 Å². The highest BCUT2D eigenvalue weighted by molar-refractivity contribution is 6.00. The van der Waals surface area contributed by atoms with Crippen molar-refractivity contribution in [3.8, 4) is 11.5 Å². The van der Waals surface area contributed by atoms with Gasteiger partial charge in [0.1, 0.15) is 12.4 Å². The van der Waals surface area contributed by atoms with Gasteiger partial charge in [0, 0.05) is 24.7 Å². The van der Waals surface area contributed by atoms with Crippen molar-refractivity contribution in [2.45, 2.75) is 26.4 Å². The summed E-state index contributed by atoms with van der Waals surface area (Å²) in [6.45, 7) is 2.67. The quantitative estimate of drug-likeness (QED) is 0.445. The highest BCUT2D eigenvalue weighted by atomic mass is 19.1. The van der Waals surface area contributed by atoms with Crippen LogP contribution in [0.2, 0.25) is 0 Å². The summed E-state index contributed by atoms with van der Waals surface area (Å²) in [7, 11) is 1.52. The van der Waals surface area contributed by atoms with Gasteiger partial charge in [-0.05, 0) is 53.9 Å². The first-order valence-electron chi connectivity index (χ1n) is 11.5. The largest absolute Gasteiger partial charge is 0.493 e. The van der Waals surface area contributed by atoms with E-state index in [2.05, 4.69) is 17.8 Å². The molecule has 0 radical (unpaired) electrons. The number of benzene rings is 3. The Morgan fingerprint density at radius 3 is 2.43 bits per heavy atom. The Hall–Kier alpha value is -4.07. The summed E-state index contributed by atoms with van der Waals surface area (Å²) >= 11 is 0. The molecule has 0 aromatic heterocycles. The average Bonchev–Trinajstić information content (AvgIpc) is 3.28. The Balaban J connectivity index is 1.32. The van der Waals surface area contributed by atoms with E-state index in [0.29, 0.717) is 23.7 Å². The molecule has 0 aliphatic carbocycles. The van der Waals surface area contributed by atoms with Crippen molar-refractivity contribution >= 4 is 23.2 Å². The lowest BCUT2D eigenvalue weighted by atomic mass is 10.1. The van der Waals surface area contributed by atoms with E-state index in [1.54, 1.807) is 35.2 Å². The standard InChI is InChI=1S/C27H28FN3O4/c1-3-18-6-11-23(12-7-18)31-16-20(14-26(31)32)27(33)30-29-22-10-13-24(25(15-22)34-2)35-17-19-4-8-21(28)9-5-19/h4-13,15,20,29H,3,14,16-17H2,1-2H3,(H,30,33)/t20-/m1/s1. The smallest absolute Gasteiger partial charge is 0.243 e. The molecule has 1 saturated heterocycles. The number of nitrogens with zero attached hydrogens (tertiary/aromatic N) is 1. The lowest BCUT2D eigenvalue weighted by Gasteiger charge is -2.17. The van der Waals surface area contributed by atoms with Crippen LogP contribution in [0, 0.1) is 11.7 Å². The van der Waals surface area contributed by atoms with Gasteiger partial charge in [-0.25, -0.2) is 4.39 Å². The predicted molar refractivity (Wildman–Crippen MR) is 132 cm³/mol. The van der Waals surface area contributed by atoms with Gasteiger partial charge in [-0.1, -0.05) is 31.2 Å². The number of aryl methyl sites for hydroxylation is 1. The average molecular weight is 478 g/mol. The molecule has 8 heteroatoms. The number of methoxy groups -OCH3 is 1. The van der Waals surface area contributed by atoms with Crippen molar-refractivity contribution in [1.29, 1.82) is 0 Å². The molecule has 2 amide bonds. The molecular formula is C27H28FN3O4. The van der Waals surface area contributed by atoms with Crippen LogP contribution in [0.25, 0.3) is 0 Å². The van der Waals surface area contributed by atoms with Crippen LogP contribution in [-0.2, 0) is 22.6 Å². The maximum Gasteiger partial charge on any atom is 0.243 e. The van der Waals surface area contributed by atoms with Crippen LogP contribution in [0.5, 0.6) is 11.5 Å². The lowest BCUT2D eigenvalue weighted by Crippen LogP contribution is -2.36. The highest BCUT2D eigenvalue weighted by Crippen LogP contribution is 2.31. The third-order valence-corrected chi connectivity index (χ3v) is 5.95. The number of hydrogen-bond donors (Lipinski definition) is 2. The first kappa shape index (κ1) is 24.1. The third-order valence-electron chi connectivity index (χ3n) is 5.95.